The lowest BCUT2D eigenvalue weighted by Gasteiger charge is -2.23. The van der Waals surface area contributed by atoms with Crippen molar-refractivity contribution in [3.8, 4) is 73.6 Å². The average Bonchev–Trinajstić information content (AvgIpc) is 3.43. The summed E-state index contributed by atoms with van der Waals surface area (Å²) >= 11 is 0. The molecule has 0 N–H and O–H groups in total. The van der Waals surface area contributed by atoms with Crippen LogP contribution in [0.2, 0.25) is 0 Å². The first kappa shape index (κ1) is 30.3. The fourth-order valence-electron chi connectivity index (χ4n) is 7.51. The molecule has 0 bridgehead atoms. The fourth-order valence-corrected chi connectivity index (χ4v) is 7.51. The van der Waals surface area contributed by atoms with Gasteiger partial charge < -0.3 is 0 Å². The predicted octanol–water partition coefficient (Wildman–Crippen LogP) is 10.9. The first-order valence-electron chi connectivity index (χ1n) is 17.0. The van der Waals surface area contributed by atoms with Gasteiger partial charge in [0.05, 0.1) is 17.1 Å². The van der Waals surface area contributed by atoms with Crippen LogP contribution in [0.5, 0.6) is 0 Å². The Hall–Kier alpha value is -6.77. The second kappa shape index (κ2) is 12.0. The van der Waals surface area contributed by atoms with Crippen LogP contribution in [0.3, 0.4) is 0 Å². The van der Waals surface area contributed by atoms with E-state index in [0.717, 1.165) is 66.5 Å². The summed E-state index contributed by atoms with van der Waals surface area (Å²) < 4.78 is 0. The minimum Gasteiger partial charge on any atom is -0.256 e. The molecule has 2 aromatic heterocycles. The van der Waals surface area contributed by atoms with E-state index in [4.69, 9.17) is 19.9 Å². The molecule has 0 saturated heterocycles. The molecule has 240 valence electrons. The third-order valence-electron chi connectivity index (χ3n) is 9.96. The van der Waals surface area contributed by atoms with Crippen LogP contribution in [0.1, 0.15) is 30.5 Å². The van der Waals surface area contributed by atoms with Crippen molar-refractivity contribution >= 4 is 10.9 Å². The van der Waals surface area contributed by atoms with E-state index < -0.39 is 0 Å². The van der Waals surface area contributed by atoms with Crippen LogP contribution in [-0.2, 0) is 5.41 Å². The summed E-state index contributed by atoms with van der Waals surface area (Å²) in [5.41, 5.74) is 12.8. The van der Waals surface area contributed by atoms with Crippen molar-refractivity contribution in [2.24, 2.45) is 0 Å². The SMILES string of the molecule is CC1(C)c2cc(-c3cc(-c4nc(-c5ccccc5)nc(-c5ccccc5)n4)cc(-c4cccc5cccnc45)c3)ccc2-c2cccc(C#N)c21. The van der Waals surface area contributed by atoms with E-state index in [1.165, 1.54) is 11.1 Å². The molecule has 5 heteroatoms. The Morgan fingerprint density at radius 2 is 1.10 bits per heavy atom. The van der Waals surface area contributed by atoms with Crippen molar-refractivity contribution in [2.45, 2.75) is 19.3 Å². The standard InChI is InChI=1S/C46H31N5/c1-46(2)40-27-32(21-22-38(40)39-20-10-17-33(28-47)41(39)46)34-24-35(37-19-9-16-29-18-11-23-48-42(29)37)26-36(25-34)45-50-43(30-12-5-3-6-13-30)49-44(51-45)31-14-7-4-8-15-31/h3-27H,1-2H3. The molecule has 0 unspecified atom stereocenters. The molecular weight excluding hydrogens is 623 g/mol. The maximum Gasteiger partial charge on any atom is 0.164 e. The first-order valence-corrected chi connectivity index (χ1v) is 17.0. The number of fused-ring (bicyclic) bond motifs is 4. The molecule has 0 amide bonds. The van der Waals surface area contributed by atoms with Gasteiger partial charge in [0, 0.05) is 39.3 Å². The smallest absolute Gasteiger partial charge is 0.164 e. The van der Waals surface area contributed by atoms with Gasteiger partial charge in [0.25, 0.3) is 0 Å². The van der Waals surface area contributed by atoms with Gasteiger partial charge in [-0.05, 0) is 75.3 Å². The van der Waals surface area contributed by atoms with E-state index >= 15 is 0 Å². The van der Waals surface area contributed by atoms with Gasteiger partial charge in [-0.3, -0.25) is 4.98 Å². The lowest BCUT2D eigenvalue weighted by Crippen LogP contribution is -2.16. The van der Waals surface area contributed by atoms with Crippen LogP contribution in [-0.4, -0.2) is 19.9 Å². The fraction of sp³-hybridized carbons (Fsp3) is 0.0652. The highest BCUT2D eigenvalue weighted by Gasteiger charge is 2.37. The number of para-hydroxylation sites is 1. The maximum atomic E-state index is 10.0. The molecule has 0 saturated carbocycles. The van der Waals surface area contributed by atoms with E-state index in [1.807, 2.05) is 85.1 Å². The molecule has 0 atom stereocenters. The maximum absolute atomic E-state index is 10.0. The Morgan fingerprint density at radius 1 is 0.490 bits per heavy atom. The summed E-state index contributed by atoms with van der Waals surface area (Å²) in [4.78, 5) is 19.9. The summed E-state index contributed by atoms with van der Waals surface area (Å²) in [6.45, 7) is 4.43. The Kier molecular flexibility index (Phi) is 7.12. The number of hydrogen-bond acceptors (Lipinski definition) is 5. The summed E-state index contributed by atoms with van der Waals surface area (Å²) in [6, 6.07) is 52.2. The summed E-state index contributed by atoms with van der Waals surface area (Å²) in [7, 11) is 0. The summed E-state index contributed by atoms with van der Waals surface area (Å²) in [6.07, 6.45) is 1.84. The molecule has 0 fully saturated rings. The van der Waals surface area contributed by atoms with Gasteiger partial charge in [-0.25, -0.2) is 15.0 Å². The monoisotopic (exact) mass is 653 g/mol. The molecule has 9 rings (SSSR count). The topological polar surface area (TPSA) is 75.3 Å². The zero-order valence-corrected chi connectivity index (χ0v) is 28.2. The molecule has 0 spiro atoms. The zero-order valence-electron chi connectivity index (χ0n) is 28.2. The van der Waals surface area contributed by atoms with Crippen molar-refractivity contribution in [1.82, 2.24) is 19.9 Å². The van der Waals surface area contributed by atoms with Crippen molar-refractivity contribution in [2.75, 3.05) is 0 Å². The second-order valence-electron chi connectivity index (χ2n) is 13.4. The van der Waals surface area contributed by atoms with Gasteiger partial charge in [-0.1, -0.05) is 123 Å². The molecule has 51 heavy (non-hydrogen) atoms. The Labute approximate surface area is 296 Å². The second-order valence-corrected chi connectivity index (χ2v) is 13.4. The zero-order chi connectivity index (χ0) is 34.5. The number of nitriles is 1. The van der Waals surface area contributed by atoms with Crippen LogP contribution >= 0.6 is 0 Å². The van der Waals surface area contributed by atoms with Crippen LogP contribution in [0.25, 0.3) is 78.4 Å². The summed E-state index contributed by atoms with van der Waals surface area (Å²) in [5.74, 6) is 1.82. The lowest BCUT2D eigenvalue weighted by molar-refractivity contribution is 0.658. The molecule has 1 aliphatic carbocycles. The number of aromatic nitrogens is 4. The van der Waals surface area contributed by atoms with Crippen LogP contribution in [0, 0.1) is 11.3 Å². The van der Waals surface area contributed by atoms with E-state index in [1.54, 1.807) is 0 Å². The third-order valence-corrected chi connectivity index (χ3v) is 9.96. The van der Waals surface area contributed by atoms with Crippen LogP contribution in [0.15, 0.2) is 152 Å². The highest BCUT2D eigenvalue weighted by molar-refractivity contribution is 5.96. The highest BCUT2D eigenvalue weighted by atomic mass is 15.0. The molecule has 0 aliphatic heterocycles. The minimum absolute atomic E-state index is 0.337. The first-order chi connectivity index (χ1) is 25.0. The Bertz CT molecular complexity index is 2610. The van der Waals surface area contributed by atoms with Gasteiger partial charge in [0.1, 0.15) is 0 Å². The Morgan fingerprint density at radius 3 is 1.80 bits per heavy atom. The molecule has 6 aromatic carbocycles. The van der Waals surface area contributed by atoms with Crippen molar-refractivity contribution < 1.29 is 0 Å². The van der Waals surface area contributed by atoms with Gasteiger partial charge in [-0.15, -0.1) is 0 Å². The van der Waals surface area contributed by atoms with Crippen LogP contribution < -0.4 is 0 Å². The molecule has 8 aromatic rings. The van der Waals surface area contributed by atoms with E-state index in [9.17, 15) is 5.26 Å². The van der Waals surface area contributed by atoms with Crippen molar-refractivity contribution in [1.29, 1.82) is 5.26 Å². The van der Waals surface area contributed by atoms with Crippen LogP contribution in [0.4, 0.5) is 0 Å². The normalized spacial score (nSPS) is 12.6. The highest BCUT2D eigenvalue weighted by Crippen LogP contribution is 2.51. The van der Waals surface area contributed by atoms with Gasteiger partial charge in [0.2, 0.25) is 0 Å². The number of hydrogen-bond donors (Lipinski definition) is 0. The number of benzene rings is 6. The lowest BCUT2D eigenvalue weighted by atomic mass is 9.79. The van der Waals surface area contributed by atoms with Crippen molar-refractivity contribution in [3.05, 3.63) is 168 Å². The molecule has 2 heterocycles. The molecule has 5 nitrogen and oxygen atoms in total. The Balaban J connectivity index is 1.28. The minimum atomic E-state index is -0.337. The quantitative estimate of drug-likeness (QED) is 0.185. The van der Waals surface area contributed by atoms with Gasteiger partial charge in [0.15, 0.2) is 17.5 Å². The predicted molar refractivity (Wildman–Crippen MR) is 205 cm³/mol. The van der Waals surface area contributed by atoms with E-state index in [2.05, 4.69) is 86.6 Å². The average molecular weight is 654 g/mol. The largest absolute Gasteiger partial charge is 0.256 e. The van der Waals surface area contributed by atoms with Crippen molar-refractivity contribution in [3.63, 3.8) is 0 Å². The molecule has 1 aliphatic rings. The summed E-state index contributed by atoms with van der Waals surface area (Å²) in [5, 5.41) is 11.1. The van der Waals surface area contributed by atoms with E-state index in [0.29, 0.717) is 17.5 Å². The van der Waals surface area contributed by atoms with E-state index in [-0.39, 0.29) is 5.41 Å². The number of rotatable bonds is 5. The van der Waals surface area contributed by atoms with Gasteiger partial charge in [-0.2, -0.15) is 5.26 Å². The molecular formula is C46H31N5. The third kappa shape index (κ3) is 5.17. The van der Waals surface area contributed by atoms with Gasteiger partial charge >= 0.3 is 0 Å². The molecule has 0 radical (unpaired) electrons. The number of nitrogens with zero attached hydrogens (tertiary/aromatic N) is 5. The number of pyridine rings is 1.